The zero-order valence-electron chi connectivity index (χ0n) is 10.2. The Hall–Kier alpha value is -1.02. The molecule has 1 aromatic carbocycles. The molecule has 0 saturated carbocycles. The molecule has 0 bridgehead atoms. The number of aryl methyl sites for hydroxylation is 1. The summed E-state index contributed by atoms with van der Waals surface area (Å²) in [5.74, 6) is 0.712. The van der Waals surface area contributed by atoms with Crippen LogP contribution in [0.15, 0.2) is 18.2 Å². The van der Waals surface area contributed by atoms with Crippen LogP contribution in [0.4, 0.5) is 5.69 Å². The first-order valence-corrected chi connectivity index (χ1v) is 6.37. The number of rotatable bonds is 1. The Kier molecular flexibility index (Phi) is 2.40. The predicted octanol–water partition coefficient (Wildman–Crippen LogP) is 2.60. The minimum absolute atomic E-state index is 0.680. The lowest BCUT2D eigenvalue weighted by Gasteiger charge is -2.34. The van der Waals surface area contributed by atoms with Crippen LogP contribution in [-0.4, -0.2) is 30.6 Å². The van der Waals surface area contributed by atoms with Gasteiger partial charge in [-0.05, 0) is 31.5 Å². The SMILES string of the molecule is CCN1CCC2Nc3ccc(C)cc3C2C1. The Morgan fingerprint density at radius 3 is 3.12 bits per heavy atom. The molecule has 2 atom stereocenters. The van der Waals surface area contributed by atoms with Crippen molar-refractivity contribution in [1.29, 1.82) is 0 Å². The van der Waals surface area contributed by atoms with E-state index in [1.165, 1.54) is 37.3 Å². The average Bonchev–Trinajstić information content (AvgIpc) is 2.66. The summed E-state index contributed by atoms with van der Waals surface area (Å²) in [5, 5.41) is 3.68. The third kappa shape index (κ3) is 1.52. The molecule has 0 amide bonds. The number of piperidine rings is 1. The van der Waals surface area contributed by atoms with Crippen LogP contribution >= 0.6 is 0 Å². The summed E-state index contributed by atoms with van der Waals surface area (Å²) >= 11 is 0. The maximum atomic E-state index is 3.68. The maximum absolute atomic E-state index is 3.68. The number of likely N-dealkylation sites (N-methyl/N-ethyl adjacent to an activating group) is 1. The van der Waals surface area contributed by atoms with Crippen molar-refractivity contribution in [1.82, 2.24) is 4.90 Å². The molecule has 1 N–H and O–H groups in total. The summed E-state index contributed by atoms with van der Waals surface area (Å²) < 4.78 is 0. The molecule has 0 radical (unpaired) electrons. The van der Waals surface area contributed by atoms with Gasteiger partial charge < -0.3 is 10.2 Å². The van der Waals surface area contributed by atoms with Crippen LogP contribution in [0, 0.1) is 6.92 Å². The highest BCUT2D eigenvalue weighted by Gasteiger charge is 2.35. The van der Waals surface area contributed by atoms with Crippen molar-refractivity contribution in [3.8, 4) is 0 Å². The van der Waals surface area contributed by atoms with Gasteiger partial charge >= 0.3 is 0 Å². The summed E-state index contributed by atoms with van der Waals surface area (Å²) in [4.78, 5) is 2.57. The number of fused-ring (bicyclic) bond motifs is 3. The Morgan fingerprint density at radius 1 is 1.44 bits per heavy atom. The van der Waals surface area contributed by atoms with Crippen molar-refractivity contribution in [3.05, 3.63) is 29.3 Å². The van der Waals surface area contributed by atoms with Crippen molar-refractivity contribution in [3.63, 3.8) is 0 Å². The van der Waals surface area contributed by atoms with E-state index in [2.05, 4.69) is 42.3 Å². The molecule has 0 spiro atoms. The van der Waals surface area contributed by atoms with Crippen LogP contribution in [0.25, 0.3) is 0 Å². The molecule has 1 aromatic rings. The van der Waals surface area contributed by atoms with Gasteiger partial charge in [0.2, 0.25) is 0 Å². The van der Waals surface area contributed by atoms with Crippen LogP contribution < -0.4 is 5.32 Å². The minimum Gasteiger partial charge on any atom is -0.381 e. The van der Waals surface area contributed by atoms with Crippen LogP contribution in [0.2, 0.25) is 0 Å². The van der Waals surface area contributed by atoms with Crippen LogP contribution in [0.5, 0.6) is 0 Å². The van der Waals surface area contributed by atoms with E-state index < -0.39 is 0 Å². The van der Waals surface area contributed by atoms with Gasteiger partial charge in [-0.1, -0.05) is 24.6 Å². The van der Waals surface area contributed by atoms with E-state index in [-0.39, 0.29) is 0 Å². The number of hydrogen-bond acceptors (Lipinski definition) is 2. The third-order valence-electron chi connectivity index (χ3n) is 4.09. The van der Waals surface area contributed by atoms with Gasteiger partial charge in [-0.25, -0.2) is 0 Å². The molecule has 0 aliphatic carbocycles. The van der Waals surface area contributed by atoms with Crippen LogP contribution in [-0.2, 0) is 0 Å². The lowest BCUT2D eigenvalue weighted by atomic mass is 9.89. The largest absolute Gasteiger partial charge is 0.381 e. The number of likely N-dealkylation sites (tertiary alicyclic amines) is 1. The topological polar surface area (TPSA) is 15.3 Å². The van der Waals surface area contributed by atoms with Gasteiger partial charge in [-0.15, -0.1) is 0 Å². The lowest BCUT2D eigenvalue weighted by Crippen LogP contribution is -2.41. The number of benzene rings is 1. The molecule has 2 unspecified atom stereocenters. The number of nitrogens with one attached hydrogen (secondary N) is 1. The van der Waals surface area contributed by atoms with Gasteiger partial charge in [-0.3, -0.25) is 0 Å². The molecule has 1 saturated heterocycles. The van der Waals surface area contributed by atoms with Crippen molar-refractivity contribution in [2.75, 3.05) is 25.0 Å². The van der Waals surface area contributed by atoms with E-state index >= 15 is 0 Å². The first-order valence-electron chi connectivity index (χ1n) is 6.37. The highest BCUT2D eigenvalue weighted by molar-refractivity contribution is 5.60. The van der Waals surface area contributed by atoms with E-state index in [1.54, 1.807) is 5.56 Å². The molecule has 2 aliphatic heterocycles. The molecular weight excluding hydrogens is 196 g/mol. The van der Waals surface area contributed by atoms with Gasteiger partial charge in [0, 0.05) is 30.7 Å². The fourth-order valence-corrected chi connectivity index (χ4v) is 3.11. The van der Waals surface area contributed by atoms with E-state index in [4.69, 9.17) is 0 Å². The first-order chi connectivity index (χ1) is 7.78. The molecule has 3 rings (SSSR count). The Balaban J connectivity index is 1.92. The van der Waals surface area contributed by atoms with E-state index in [1.807, 2.05) is 0 Å². The zero-order chi connectivity index (χ0) is 11.1. The second kappa shape index (κ2) is 3.77. The maximum Gasteiger partial charge on any atom is 0.0379 e. The monoisotopic (exact) mass is 216 g/mol. The molecule has 2 heterocycles. The highest BCUT2D eigenvalue weighted by Crippen LogP contribution is 2.40. The Morgan fingerprint density at radius 2 is 2.31 bits per heavy atom. The molecule has 2 heteroatoms. The van der Waals surface area contributed by atoms with Crippen molar-refractivity contribution < 1.29 is 0 Å². The summed E-state index contributed by atoms with van der Waals surface area (Å²) in [5.41, 5.74) is 4.30. The first kappa shape index (κ1) is 10.2. The average molecular weight is 216 g/mol. The molecular formula is C14H20N2. The Labute approximate surface area is 97.6 Å². The standard InChI is InChI=1S/C14H20N2/c1-3-16-7-6-14-12(9-16)11-8-10(2)4-5-13(11)15-14/h4-5,8,12,14-15H,3,6-7,9H2,1-2H3. The molecule has 2 nitrogen and oxygen atoms in total. The smallest absolute Gasteiger partial charge is 0.0379 e. The Bertz CT molecular complexity index is 400. The normalized spacial score (nSPS) is 28.4. The molecule has 86 valence electrons. The van der Waals surface area contributed by atoms with Crippen molar-refractivity contribution >= 4 is 5.69 Å². The van der Waals surface area contributed by atoms with Gasteiger partial charge in [-0.2, -0.15) is 0 Å². The summed E-state index contributed by atoms with van der Waals surface area (Å²) in [7, 11) is 0. The van der Waals surface area contributed by atoms with E-state index in [0.717, 1.165) is 0 Å². The lowest BCUT2D eigenvalue weighted by molar-refractivity contribution is 0.211. The molecule has 16 heavy (non-hydrogen) atoms. The fraction of sp³-hybridized carbons (Fsp3) is 0.571. The summed E-state index contributed by atoms with van der Waals surface area (Å²) in [6, 6.07) is 7.51. The van der Waals surface area contributed by atoms with Gasteiger partial charge in [0.25, 0.3) is 0 Å². The number of anilines is 1. The van der Waals surface area contributed by atoms with Gasteiger partial charge in [0.05, 0.1) is 0 Å². The van der Waals surface area contributed by atoms with Gasteiger partial charge in [0.15, 0.2) is 0 Å². The highest BCUT2D eigenvalue weighted by atomic mass is 15.2. The summed E-state index contributed by atoms with van der Waals surface area (Å²) in [6.07, 6.45) is 1.28. The number of hydrogen-bond donors (Lipinski definition) is 1. The second-order valence-electron chi connectivity index (χ2n) is 5.13. The molecule has 1 fully saturated rings. The second-order valence-corrected chi connectivity index (χ2v) is 5.13. The molecule has 2 aliphatic rings. The quantitative estimate of drug-likeness (QED) is 0.776. The summed E-state index contributed by atoms with van der Waals surface area (Å²) in [6.45, 7) is 8.11. The third-order valence-corrected chi connectivity index (χ3v) is 4.09. The number of nitrogens with zero attached hydrogens (tertiary/aromatic N) is 1. The van der Waals surface area contributed by atoms with E-state index in [9.17, 15) is 0 Å². The zero-order valence-corrected chi connectivity index (χ0v) is 10.2. The van der Waals surface area contributed by atoms with E-state index in [0.29, 0.717) is 12.0 Å². The molecule has 0 aromatic heterocycles. The minimum atomic E-state index is 0.680. The van der Waals surface area contributed by atoms with Gasteiger partial charge in [0.1, 0.15) is 0 Å². The van der Waals surface area contributed by atoms with Crippen LogP contribution in [0.3, 0.4) is 0 Å². The van der Waals surface area contributed by atoms with Crippen molar-refractivity contribution in [2.24, 2.45) is 0 Å². The predicted molar refractivity (Wildman–Crippen MR) is 68.1 cm³/mol. The van der Waals surface area contributed by atoms with Crippen LogP contribution in [0.1, 0.15) is 30.4 Å². The van der Waals surface area contributed by atoms with Crippen molar-refractivity contribution in [2.45, 2.75) is 32.2 Å². The fourth-order valence-electron chi connectivity index (χ4n) is 3.11.